The predicted molar refractivity (Wildman–Crippen MR) is 136 cm³/mol. The van der Waals surface area contributed by atoms with Gasteiger partial charge >= 0.3 is 0 Å². The first-order chi connectivity index (χ1) is 17.4. The molecule has 36 heavy (non-hydrogen) atoms. The van der Waals surface area contributed by atoms with Crippen LogP contribution < -0.4 is 14.8 Å². The number of ketones is 2. The average molecular weight is 478 g/mol. The van der Waals surface area contributed by atoms with Crippen LogP contribution in [0.2, 0.25) is 0 Å². The molecular weight excluding hydrogens is 454 g/mol. The molecule has 4 aromatic rings. The Hall–Kier alpha value is -4.71. The van der Waals surface area contributed by atoms with Gasteiger partial charge in [-0.25, -0.2) is 0 Å². The number of amides is 1. The lowest BCUT2D eigenvalue weighted by atomic mass is 9.83. The van der Waals surface area contributed by atoms with E-state index in [-0.39, 0.29) is 35.0 Å². The van der Waals surface area contributed by atoms with E-state index in [1.165, 1.54) is 0 Å². The number of hydrogen-bond acceptors (Lipinski definition) is 5. The lowest BCUT2D eigenvalue weighted by Crippen LogP contribution is -2.25. The van der Waals surface area contributed by atoms with E-state index in [1.807, 2.05) is 26.0 Å². The van der Waals surface area contributed by atoms with Gasteiger partial charge in [-0.2, -0.15) is 0 Å². The summed E-state index contributed by atoms with van der Waals surface area (Å²) in [6.07, 6.45) is 0. The van der Waals surface area contributed by atoms with E-state index in [0.717, 1.165) is 16.9 Å². The molecule has 0 bridgehead atoms. The molecule has 0 atom stereocenters. The fraction of sp³-hybridized carbons (Fsp3) is 0.100. The molecule has 0 saturated carbocycles. The van der Waals surface area contributed by atoms with Crippen molar-refractivity contribution in [2.24, 2.45) is 0 Å². The molecule has 0 fully saturated rings. The van der Waals surface area contributed by atoms with E-state index in [1.54, 1.807) is 66.7 Å². The molecule has 0 aromatic heterocycles. The van der Waals surface area contributed by atoms with Crippen LogP contribution in [0, 0.1) is 13.8 Å². The Kier molecular flexibility index (Phi) is 6.09. The van der Waals surface area contributed by atoms with Crippen LogP contribution in [0.25, 0.3) is 0 Å². The van der Waals surface area contributed by atoms with E-state index in [9.17, 15) is 14.4 Å². The van der Waals surface area contributed by atoms with Gasteiger partial charge in [0.15, 0.2) is 18.2 Å². The summed E-state index contributed by atoms with van der Waals surface area (Å²) in [6, 6.07) is 24.5. The number of hydrogen-bond donors (Lipinski definition) is 1. The Bertz CT molecular complexity index is 1480. The molecule has 1 amide bonds. The number of carbonyl (C=O) groups is 3. The van der Waals surface area contributed by atoms with Gasteiger partial charge in [-0.3, -0.25) is 14.4 Å². The van der Waals surface area contributed by atoms with Crippen LogP contribution in [0.15, 0.2) is 84.9 Å². The van der Waals surface area contributed by atoms with Crippen LogP contribution in [0.1, 0.15) is 43.0 Å². The summed E-state index contributed by atoms with van der Waals surface area (Å²) in [5.41, 5.74) is 3.69. The van der Waals surface area contributed by atoms with Crippen LogP contribution in [0.5, 0.6) is 17.2 Å². The van der Waals surface area contributed by atoms with E-state index in [0.29, 0.717) is 22.6 Å². The molecule has 0 radical (unpaired) electrons. The summed E-state index contributed by atoms with van der Waals surface area (Å²) < 4.78 is 11.5. The van der Waals surface area contributed by atoms with Crippen LogP contribution >= 0.6 is 0 Å². The molecule has 6 nitrogen and oxygen atoms in total. The van der Waals surface area contributed by atoms with Crippen molar-refractivity contribution in [1.29, 1.82) is 0 Å². The number of anilines is 1. The molecular formula is C30H23NO5. The maximum Gasteiger partial charge on any atom is 0.262 e. The third-order valence-corrected chi connectivity index (χ3v) is 5.85. The first-order valence-electron chi connectivity index (χ1n) is 11.5. The lowest BCUT2D eigenvalue weighted by Gasteiger charge is -2.20. The third kappa shape index (κ3) is 4.61. The molecule has 6 heteroatoms. The van der Waals surface area contributed by atoms with Gasteiger partial charge in [-0.15, -0.1) is 0 Å². The minimum atomic E-state index is -0.446. The van der Waals surface area contributed by atoms with Crippen molar-refractivity contribution in [3.63, 3.8) is 0 Å². The number of nitrogens with one attached hydrogen (secondary N) is 1. The van der Waals surface area contributed by atoms with Crippen molar-refractivity contribution in [2.75, 3.05) is 11.9 Å². The normalized spacial score (nSPS) is 11.9. The zero-order valence-electron chi connectivity index (χ0n) is 19.8. The van der Waals surface area contributed by atoms with E-state index in [2.05, 4.69) is 11.4 Å². The Labute approximate surface area is 208 Å². The molecule has 1 aliphatic rings. The molecule has 0 saturated heterocycles. The maximum absolute atomic E-state index is 13.1. The first-order valence-corrected chi connectivity index (χ1v) is 11.5. The number of rotatable bonds is 6. The van der Waals surface area contributed by atoms with Crippen molar-refractivity contribution < 1.29 is 23.9 Å². The predicted octanol–water partition coefficient (Wildman–Crippen LogP) is 5.89. The Morgan fingerprint density at radius 1 is 0.694 bits per heavy atom. The number of fused-ring (bicyclic) bond motifs is 2. The molecule has 0 aliphatic heterocycles. The molecule has 0 unspecified atom stereocenters. The zero-order chi connectivity index (χ0) is 25.2. The third-order valence-electron chi connectivity index (χ3n) is 5.85. The van der Waals surface area contributed by atoms with Gasteiger partial charge in [0, 0.05) is 16.7 Å². The second-order valence-corrected chi connectivity index (χ2v) is 8.67. The van der Waals surface area contributed by atoms with E-state index < -0.39 is 5.91 Å². The quantitative estimate of drug-likeness (QED) is 0.330. The molecule has 0 spiro atoms. The monoisotopic (exact) mass is 477 g/mol. The molecule has 1 N–H and O–H groups in total. The van der Waals surface area contributed by atoms with E-state index >= 15 is 0 Å². The highest BCUT2D eigenvalue weighted by Crippen LogP contribution is 2.32. The SMILES string of the molecule is Cc1cc(C)cc(Oc2ccc(OCC(=O)Nc3cccc4c3C(=O)c3ccccc3C4=O)cc2)c1. The number of aryl methyl sites for hydroxylation is 2. The topological polar surface area (TPSA) is 81.7 Å². The average Bonchev–Trinajstić information content (AvgIpc) is 2.86. The van der Waals surface area contributed by atoms with Crippen LogP contribution in [-0.4, -0.2) is 24.1 Å². The van der Waals surface area contributed by atoms with Gasteiger partial charge in [0.25, 0.3) is 5.91 Å². The smallest absolute Gasteiger partial charge is 0.262 e. The molecule has 178 valence electrons. The van der Waals surface area contributed by atoms with Crippen molar-refractivity contribution in [1.82, 2.24) is 0 Å². The van der Waals surface area contributed by atoms with Crippen molar-refractivity contribution in [3.05, 3.63) is 118 Å². The van der Waals surface area contributed by atoms with E-state index in [4.69, 9.17) is 9.47 Å². The highest BCUT2D eigenvalue weighted by Gasteiger charge is 2.31. The number of ether oxygens (including phenoxy) is 2. The van der Waals surface area contributed by atoms with Gasteiger partial charge < -0.3 is 14.8 Å². The largest absolute Gasteiger partial charge is 0.484 e. The molecule has 5 rings (SSSR count). The van der Waals surface area contributed by atoms with Gasteiger partial charge in [0.1, 0.15) is 17.2 Å². The van der Waals surface area contributed by atoms with Crippen molar-refractivity contribution >= 4 is 23.2 Å². The summed E-state index contributed by atoms with van der Waals surface area (Å²) in [5, 5.41) is 2.72. The Morgan fingerprint density at radius 3 is 2.00 bits per heavy atom. The fourth-order valence-electron chi connectivity index (χ4n) is 4.32. The van der Waals surface area contributed by atoms with Crippen LogP contribution in [-0.2, 0) is 4.79 Å². The summed E-state index contributed by atoms with van der Waals surface area (Å²) in [4.78, 5) is 38.6. The van der Waals surface area contributed by atoms with Gasteiger partial charge in [-0.1, -0.05) is 42.5 Å². The highest BCUT2D eigenvalue weighted by molar-refractivity contribution is 6.30. The van der Waals surface area contributed by atoms with Crippen molar-refractivity contribution in [3.8, 4) is 17.2 Å². The fourth-order valence-corrected chi connectivity index (χ4v) is 4.32. The van der Waals surface area contributed by atoms with Gasteiger partial charge in [0.2, 0.25) is 0 Å². The van der Waals surface area contributed by atoms with Gasteiger partial charge in [-0.05, 0) is 67.4 Å². The van der Waals surface area contributed by atoms with Crippen LogP contribution in [0.3, 0.4) is 0 Å². The molecule has 0 heterocycles. The number of benzene rings is 4. The highest BCUT2D eigenvalue weighted by atomic mass is 16.5. The maximum atomic E-state index is 13.1. The zero-order valence-corrected chi connectivity index (χ0v) is 19.8. The Morgan fingerprint density at radius 2 is 1.31 bits per heavy atom. The summed E-state index contributed by atoms with van der Waals surface area (Å²) in [5.74, 6) is 0.914. The first kappa shape index (κ1) is 23.1. The standard InChI is InChI=1S/C30H23NO5/c1-18-14-19(2)16-22(15-18)36-21-12-10-20(11-13-21)35-17-27(32)31-26-9-5-8-25-28(26)30(34)24-7-4-3-6-23(24)29(25)33/h3-16H,17H2,1-2H3,(H,31,32). The second kappa shape index (κ2) is 9.50. The second-order valence-electron chi connectivity index (χ2n) is 8.67. The lowest BCUT2D eigenvalue weighted by molar-refractivity contribution is -0.118. The van der Waals surface area contributed by atoms with Crippen molar-refractivity contribution in [2.45, 2.75) is 13.8 Å². The number of carbonyl (C=O) groups excluding carboxylic acids is 3. The minimum Gasteiger partial charge on any atom is -0.484 e. The summed E-state index contributed by atoms with van der Waals surface area (Å²) in [7, 11) is 0. The summed E-state index contributed by atoms with van der Waals surface area (Å²) in [6.45, 7) is 3.76. The van der Waals surface area contributed by atoms with Crippen LogP contribution in [0.4, 0.5) is 5.69 Å². The Balaban J connectivity index is 1.24. The molecule has 1 aliphatic carbocycles. The minimum absolute atomic E-state index is 0.197. The van der Waals surface area contributed by atoms with Gasteiger partial charge in [0.05, 0.1) is 11.3 Å². The summed E-state index contributed by atoms with van der Waals surface area (Å²) >= 11 is 0. The molecule has 4 aromatic carbocycles.